The number of piperidine rings is 1. The number of carbonyl (C=O) groups is 1. The van der Waals surface area contributed by atoms with Crippen molar-refractivity contribution in [3.05, 3.63) is 12.4 Å². The van der Waals surface area contributed by atoms with Gasteiger partial charge in [-0.15, -0.1) is 0 Å². The third-order valence-electron chi connectivity index (χ3n) is 3.96. The molecule has 1 saturated carbocycles. The van der Waals surface area contributed by atoms with Crippen LogP contribution in [0.5, 0.6) is 0 Å². The Morgan fingerprint density at radius 3 is 2.80 bits per heavy atom. The van der Waals surface area contributed by atoms with Crippen LogP contribution in [0.4, 0.5) is 10.7 Å². The lowest BCUT2D eigenvalue weighted by atomic mass is 10.1. The maximum atomic E-state index is 11.6. The number of hydrogen-bond donors (Lipinski definition) is 1. The number of nitrogens with one attached hydrogen (secondary N) is 1. The standard InChI is InChI=1S/C14H22N4O2/c1-2-20-14(19)17-8-5-11(6-9-17)16-13-15-7-10-18(13)12-3-4-12/h7,10-12H,2-6,8-9H2,1H3,(H,15,16). The quantitative estimate of drug-likeness (QED) is 0.917. The van der Waals surface area contributed by atoms with Gasteiger partial charge >= 0.3 is 6.09 Å². The van der Waals surface area contributed by atoms with E-state index in [2.05, 4.69) is 14.9 Å². The average Bonchev–Trinajstić information content (AvgIpc) is 3.20. The number of carbonyl (C=O) groups excluding carboxylic acids is 1. The van der Waals surface area contributed by atoms with Crippen LogP contribution in [0.15, 0.2) is 12.4 Å². The first kappa shape index (κ1) is 13.3. The van der Waals surface area contributed by atoms with E-state index >= 15 is 0 Å². The van der Waals surface area contributed by atoms with Crippen molar-refractivity contribution < 1.29 is 9.53 Å². The number of imidazole rings is 1. The second kappa shape index (κ2) is 5.73. The average molecular weight is 278 g/mol. The predicted octanol–water partition coefficient (Wildman–Crippen LogP) is 2.25. The van der Waals surface area contributed by atoms with Crippen molar-refractivity contribution in [1.29, 1.82) is 0 Å². The Balaban J connectivity index is 1.51. The van der Waals surface area contributed by atoms with E-state index in [9.17, 15) is 4.79 Å². The molecule has 2 fully saturated rings. The molecule has 2 heterocycles. The molecule has 0 radical (unpaired) electrons. The van der Waals surface area contributed by atoms with Crippen LogP contribution < -0.4 is 5.32 Å². The van der Waals surface area contributed by atoms with Gasteiger partial charge in [-0.1, -0.05) is 0 Å². The monoisotopic (exact) mass is 278 g/mol. The Hall–Kier alpha value is -1.72. The van der Waals surface area contributed by atoms with Crippen LogP contribution in [-0.2, 0) is 4.74 Å². The van der Waals surface area contributed by atoms with E-state index in [1.165, 1.54) is 12.8 Å². The number of nitrogens with zero attached hydrogens (tertiary/aromatic N) is 3. The molecule has 1 amide bonds. The summed E-state index contributed by atoms with van der Waals surface area (Å²) in [5.74, 6) is 0.974. The number of aromatic nitrogens is 2. The van der Waals surface area contributed by atoms with Crippen LogP contribution in [0, 0.1) is 0 Å². The maximum Gasteiger partial charge on any atom is 0.409 e. The van der Waals surface area contributed by atoms with Gasteiger partial charge in [0, 0.05) is 37.6 Å². The van der Waals surface area contributed by atoms with E-state index in [0.717, 1.165) is 31.9 Å². The molecule has 110 valence electrons. The van der Waals surface area contributed by atoms with E-state index in [1.807, 2.05) is 19.3 Å². The largest absolute Gasteiger partial charge is 0.450 e. The number of ether oxygens (including phenoxy) is 1. The molecule has 1 saturated heterocycles. The first-order valence-electron chi connectivity index (χ1n) is 7.49. The molecule has 1 aromatic heterocycles. The summed E-state index contributed by atoms with van der Waals surface area (Å²) in [6.07, 6.45) is 8.11. The van der Waals surface area contributed by atoms with Crippen molar-refractivity contribution in [2.24, 2.45) is 0 Å². The second-order valence-electron chi connectivity index (χ2n) is 5.49. The Morgan fingerprint density at radius 1 is 1.40 bits per heavy atom. The van der Waals surface area contributed by atoms with Crippen molar-refractivity contribution in [3.63, 3.8) is 0 Å². The molecule has 0 spiro atoms. The van der Waals surface area contributed by atoms with Crippen LogP contribution in [0.2, 0.25) is 0 Å². The third kappa shape index (κ3) is 2.89. The lowest BCUT2D eigenvalue weighted by Gasteiger charge is -2.31. The second-order valence-corrected chi connectivity index (χ2v) is 5.49. The van der Waals surface area contributed by atoms with Crippen molar-refractivity contribution in [2.75, 3.05) is 25.0 Å². The molecule has 6 heteroatoms. The van der Waals surface area contributed by atoms with Crippen molar-refractivity contribution in [3.8, 4) is 0 Å². The minimum atomic E-state index is -0.189. The van der Waals surface area contributed by atoms with E-state index in [4.69, 9.17) is 4.74 Å². The summed E-state index contributed by atoms with van der Waals surface area (Å²) in [5.41, 5.74) is 0. The number of anilines is 1. The maximum absolute atomic E-state index is 11.6. The minimum absolute atomic E-state index is 0.189. The van der Waals surface area contributed by atoms with Gasteiger partial charge in [0.25, 0.3) is 0 Å². The highest BCUT2D eigenvalue weighted by Crippen LogP contribution is 2.37. The summed E-state index contributed by atoms with van der Waals surface area (Å²) in [6.45, 7) is 3.78. The lowest BCUT2D eigenvalue weighted by molar-refractivity contribution is 0.0983. The molecule has 0 bridgehead atoms. The number of rotatable bonds is 4. The third-order valence-corrected chi connectivity index (χ3v) is 3.96. The fraction of sp³-hybridized carbons (Fsp3) is 0.714. The van der Waals surface area contributed by atoms with Crippen LogP contribution in [-0.4, -0.2) is 46.3 Å². The highest BCUT2D eigenvalue weighted by Gasteiger charge is 2.28. The first-order chi connectivity index (χ1) is 9.78. The molecule has 20 heavy (non-hydrogen) atoms. The number of likely N-dealkylation sites (tertiary alicyclic amines) is 1. The van der Waals surface area contributed by atoms with E-state index in [1.54, 1.807) is 4.90 Å². The summed E-state index contributed by atoms with van der Waals surface area (Å²) in [7, 11) is 0. The van der Waals surface area contributed by atoms with Crippen LogP contribution in [0.1, 0.15) is 38.6 Å². The summed E-state index contributed by atoms with van der Waals surface area (Å²) in [6, 6.07) is 1.03. The summed E-state index contributed by atoms with van der Waals surface area (Å²) < 4.78 is 7.27. The van der Waals surface area contributed by atoms with Gasteiger partial charge in [0.15, 0.2) is 0 Å². The smallest absolute Gasteiger partial charge is 0.409 e. The van der Waals surface area contributed by atoms with Gasteiger partial charge in [0.1, 0.15) is 0 Å². The number of hydrogen-bond acceptors (Lipinski definition) is 4. The topological polar surface area (TPSA) is 59.4 Å². The van der Waals surface area contributed by atoms with Gasteiger partial charge in [-0.25, -0.2) is 9.78 Å². The molecule has 1 aliphatic carbocycles. The zero-order valence-electron chi connectivity index (χ0n) is 11.9. The first-order valence-corrected chi connectivity index (χ1v) is 7.49. The van der Waals surface area contributed by atoms with Crippen LogP contribution >= 0.6 is 0 Å². The Kier molecular flexibility index (Phi) is 3.80. The van der Waals surface area contributed by atoms with Crippen LogP contribution in [0.25, 0.3) is 0 Å². The van der Waals surface area contributed by atoms with Gasteiger partial charge in [-0.3, -0.25) is 0 Å². The van der Waals surface area contributed by atoms with Crippen LogP contribution in [0.3, 0.4) is 0 Å². The Bertz CT molecular complexity index is 461. The SMILES string of the molecule is CCOC(=O)N1CCC(Nc2nccn2C2CC2)CC1. The fourth-order valence-electron chi connectivity index (χ4n) is 2.68. The molecule has 0 unspecified atom stereocenters. The van der Waals surface area contributed by atoms with E-state index in [0.29, 0.717) is 18.7 Å². The summed E-state index contributed by atoms with van der Waals surface area (Å²) in [4.78, 5) is 17.8. The molecule has 6 nitrogen and oxygen atoms in total. The highest BCUT2D eigenvalue weighted by molar-refractivity contribution is 5.67. The zero-order chi connectivity index (χ0) is 13.9. The molecule has 3 rings (SSSR count). The van der Waals surface area contributed by atoms with Gasteiger partial charge in [0.2, 0.25) is 5.95 Å². The molecular weight excluding hydrogens is 256 g/mol. The fourth-order valence-corrected chi connectivity index (χ4v) is 2.68. The minimum Gasteiger partial charge on any atom is -0.450 e. The van der Waals surface area contributed by atoms with Crippen molar-refractivity contribution >= 4 is 12.0 Å². The molecule has 0 aromatic carbocycles. The summed E-state index contributed by atoms with van der Waals surface area (Å²) >= 11 is 0. The normalized spacial score (nSPS) is 19.9. The molecule has 1 N–H and O–H groups in total. The Morgan fingerprint density at radius 2 is 2.15 bits per heavy atom. The van der Waals surface area contributed by atoms with Crippen molar-refractivity contribution in [1.82, 2.24) is 14.5 Å². The van der Waals surface area contributed by atoms with Gasteiger partial charge in [0.05, 0.1) is 6.61 Å². The van der Waals surface area contributed by atoms with Crippen molar-refractivity contribution in [2.45, 2.75) is 44.7 Å². The number of amides is 1. The Labute approximate surface area is 119 Å². The highest BCUT2D eigenvalue weighted by atomic mass is 16.6. The summed E-state index contributed by atoms with van der Waals surface area (Å²) in [5, 5.41) is 3.52. The van der Waals surface area contributed by atoms with Gasteiger partial charge in [-0.05, 0) is 32.6 Å². The molecule has 1 aromatic rings. The molecule has 0 atom stereocenters. The van der Waals surface area contributed by atoms with Gasteiger partial charge in [-0.2, -0.15) is 0 Å². The molecular formula is C14H22N4O2. The van der Waals surface area contributed by atoms with E-state index in [-0.39, 0.29) is 6.09 Å². The molecule has 1 aliphatic heterocycles. The molecule has 2 aliphatic rings. The van der Waals surface area contributed by atoms with Gasteiger partial charge < -0.3 is 19.5 Å². The predicted molar refractivity (Wildman–Crippen MR) is 75.7 cm³/mol. The lowest BCUT2D eigenvalue weighted by Crippen LogP contribution is -2.42. The van der Waals surface area contributed by atoms with E-state index < -0.39 is 0 Å². The zero-order valence-corrected chi connectivity index (χ0v) is 11.9.